The molecule has 0 radical (unpaired) electrons. The lowest BCUT2D eigenvalue weighted by atomic mass is 10.2. The van der Waals surface area contributed by atoms with E-state index in [-0.39, 0.29) is 0 Å². The quantitative estimate of drug-likeness (QED) is 0.920. The van der Waals surface area contributed by atoms with Crippen LogP contribution in [0.3, 0.4) is 0 Å². The first-order chi connectivity index (χ1) is 8.86. The van der Waals surface area contributed by atoms with Crippen molar-refractivity contribution < 1.29 is 0 Å². The molecule has 1 saturated carbocycles. The van der Waals surface area contributed by atoms with Crippen LogP contribution in [0.15, 0.2) is 24.7 Å². The summed E-state index contributed by atoms with van der Waals surface area (Å²) in [5, 5.41) is 8.62. The van der Waals surface area contributed by atoms with Gasteiger partial charge in [0, 0.05) is 23.7 Å². The molecule has 1 aliphatic rings. The first-order valence-electron chi connectivity index (χ1n) is 6.53. The van der Waals surface area contributed by atoms with E-state index in [2.05, 4.69) is 34.1 Å². The van der Waals surface area contributed by atoms with Crippen molar-refractivity contribution in [2.45, 2.75) is 37.5 Å². The predicted octanol–water partition coefficient (Wildman–Crippen LogP) is 2.82. The van der Waals surface area contributed by atoms with Crippen LogP contribution in [0.25, 0.3) is 5.52 Å². The van der Waals surface area contributed by atoms with E-state index in [0.29, 0.717) is 6.04 Å². The molecule has 2 aromatic rings. The minimum Gasteiger partial charge on any atom is -0.366 e. The third-order valence-electron chi connectivity index (χ3n) is 3.45. The van der Waals surface area contributed by atoms with Crippen LogP contribution in [0.1, 0.15) is 26.2 Å². The predicted molar refractivity (Wildman–Crippen MR) is 76.2 cm³/mol. The van der Waals surface area contributed by atoms with Crippen LogP contribution in [-0.4, -0.2) is 31.6 Å². The van der Waals surface area contributed by atoms with Crippen LogP contribution in [0.4, 0.5) is 5.82 Å². The Morgan fingerprint density at radius 2 is 2.39 bits per heavy atom. The Hall–Kier alpha value is -1.23. The van der Waals surface area contributed by atoms with Gasteiger partial charge in [-0.15, -0.1) is 0 Å². The Bertz CT molecular complexity index is 524. The molecule has 1 N–H and O–H groups in total. The van der Waals surface area contributed by atoms with Gasteiger partial charge in [0.25, 0.3) is 0 Å². The standard InChI is InChI=1S/C13H18N4S/c1-2-18-11-4-3-10(9-11)16-13-12-5-6-15-17(12)8-7-14-13/h5-8,10-11H,2-4,9H2,1H3,(H,14,16). The van der Waals surface area contributed by atoms with Gasteiger partial charge in [-0.1, -0.05) is 6.92 Å². The van der Waals surface area contributed by atoms with Crippen molar-refractivity contribution in [1.29, 1.82) is 0 Å². The molecule has 4 nitrogen and oxygen atoms in total. The lowest BCUT2D eigenvalue weighted by molar-refractivity contribution is 0.751. The summed E-state index contributed by atoms with van der Waals surface area (Å²) < 4.78 is 1.86. The van der Waals surface area contributed by atoms with Crippen LogP contribution in [-0.2, 0) is 0 Å². The summed E-state index contributed by atoms with van der Waals surface area (Å²) in [6.07, 6.45) is 9.30. The SMILES string of the molecule is CCSC1CCC(Nc2nccn3nccc23)C1. The molecule has 5 heteroatoms. The van der Waals surface area contributed by atoms with Gasteiger partial charge in [0.15, 0.2) is 5.82 Å². The Morgan fingerprint density at radius 1 is 1.44 bits per heavy atom. The molecular formula is C13H18N4S. The van der Waals surface area contributed by atoms with E-state index >= 15 is 0 Å². The number of thioether (sulfide) groups is 1. The average Bonchev–Trinajstić information content (AvgIpc) is 2.99. The van der Waals surface area contributed by atoms with E-state index in [0.717, 1.165) is 16.6 Å². The number of aromatic nitrogens is 3. The summed E-state index contributed by atoms with van der Waals surface area (Å²) in [4.78, 5) is 4.43. The topological polar surface area (TPSA) is 42.2 Å². The lowest BCUT2D eigenvalue weighted by Crippen LogP contribution is -2.17. The summed E-state index contributed by atoms with van der Waals surface area (Å²) in [7, 11) is 0. The van der Waals surface area contributed by atoms with Gasteiger partial charge in [0.05, 0.1) is 6.20 Å². The van der Waals surface area contributed by atoms with Gasteiger partial charge in [0.1, 0.15) is 5.52 Å². The first kappa shape index (κ1) is 11.8. The van der Waals surface area contributed by atoms with E-state index in [9.17, 15) is 0 Å². The van der Waals surface area contributed by atoms with Crippen molar-refractivity contribution >= 4 is 23.1 Å². The highest BCUT2D eigenvalue weighted by Gasteiger charge is 2.25. The van der Waals surface area contributed by atoms with Crippen molar-refractivity contribution in [3.8, 4) is 0 Å². The van der Waals surface area contributed by atoms with Gasteiger partial charge in [0.2, 0.25) is 0 Å². The summed E-state index contributed by atoms with van der Waals surface area (Å²) in [5.74, 6) is 2.18. The average molecular weight is 262 g/mol. The normalized spacial score (nSPS) is 23.6. The molecule has 2 aromatic heterocycles. The van der Waals surface area contributed by atoms with E-state index in [1.165, 1.54) is 25.0 Å². The van der Waals surface area contributed by atoms with Gasteiger partial charge in [-0.2, -0.15) is 16.9 Å². The minimum atomic E-state index is 0.558. The summed E-state index contributed by atoms with van der Waals surface area (Å²) in [6.45, 7) is 2.24. The number of anilines is 1. The Balaban J connectivity index is 1.71. The largest absolute Gasteiger partial charge is 0.366 e. The summed E-state index contributed by atoms with van der Waals surface area (Å²) >= 11 is 2.08. The molecule has 0 aliphatic heterocycles. The van der Waals surface area contributed by atoms with Crippen molar-refractivity contribution in [2.24, 2.45) is 0 Å². The number of hydrogen-bond acceptors (Lipinski definition) is 4. The number of fused-ring (bicyclic) bond motifs is 1. The molecule has 2 atom stereocenters. The number of rotatable bonds is 4. The molecule has 0 saturated heterocycles. The fourth-order valence-corrected chi connectivity index (χ4v) is 3.76. The molecule has 3 rings (SSSR count). The number of nitrogens with one attached hydrogen (secondary N) is 1. The van der Waals surface area contributed by atoms with Crippen LogP contribution in [0.5, 0.6) is 0 Å². The molecule has 0 bridgehead atoms. The highest BCUT2D eigenvalue weighted by atomic mass is 32.2. The Morgan fingerprint density at radius 3 is 3.28 bits per heavy atom. The zero-order valence-electron chi connectivity index (χ0n) is 10.5. The van der Waals surface area contributed by atoms with Crippen molar-refractivity contribution in [3.63, 3.8) is 0 Å². The molecular weight excluding hydrogens is 244 g/mol. The maximum atomic E-state index is 4.43. The molecule has 1 aliphatic carbocycles. The third-order valence-corrected chi connectivity index (χ3v) is 4.69. The molecule has 0 aromatic carbocycles. The van der Waals surface area contributed by atoms with Gasteiger partial charge < -0.3 is 5.32 Å². The molecule has 96 valence electrons. The van der Waals surface area contributed by atoms with Crippen molar-refractivity contribution in [3.05, 3.63) is 24.7 Å². The highest BCUT2D eigenvalue weighted by Crippen LogP contribution is 2.31. The van der Waals surface area contributed by atoms with Gasteiger partial charge in [-0.3, -0.25) is 0 Å². The van der Waals surface area contributed by atoms with Crippen molar-refractivity contribution in [1.82, 2.24) is 14.6 Å². The van der Waals surface area contributed by atoms with Gasteiger partial charge in [-0.05, 0) is 31.1 Å². The maximum absolute atomic E-state index is 4.43. The van der Waals surface area contributed by atoms with Crippen LogP contribution in [0.2, 0.25) is 0 Å². The fraction of sp³-hybridized carbons (Fsp3) is 0.538. The maximum Gasteiger partial charge on any atom is 0.152 e. The smallest absolute Gasteiger partial charge is 0.152 e. The molecule has 0 amide bonds. The summed E-state index contributed by atoms with van der Waals surface area (Å²) in [6, 6.07) is 2.56. The summed E-state index contributed by atoms with van der Waals surface area (Å²) in [5.41, 5.74) is 1.06. The highest BCUT2D eigenvalue weighted by molar-refractivity contribution is 7.99. The second kappa shape index (κ2) is 5.18. The Kier molecular flexibility index (Phi) is 3.41. The van der Waals surface area contributed by atoms with E-state index in [1.807, 2.05) is 23.0 Å². The Labute approximate surface area is 111 Å². The van der Waals surface area contributed by atoms with E-state index < -0.39 is 0 Å². The molecule has 2 unspecified atom stereocenters. The van der Waals surface area contributed by atoms with Crippen LogP contribution in [0, 0.1) is 0 Å². The lowest BCUT2D eigenvalue weighted by Gasteiger charge is -2.14. The zero-order chi connectivity index (χ0) is 12.4. The molecule has 1 fully saturated rings. The molecule has 18 heavy (non-hydrogen) atoms. The zero-order valence-corrected chi connectivity index (χ0v) is 11.4. The number of hydrogen-bond donors (Lipinski definition) is 1. The van der Waals surface area contributed by atoms with E-state index in [4.69, 9.17) is 0 Å². The minimum absolute atomic E-state index is 0.558. The van der Waals surface area contributed by atoms with Gasteiger partial charge >= 0.3 is 0 Å². The van der Waals surface area contributed by atoms with E-state index in [1.54, 1.807) is 6.20 Å². The monoisotopic (exact) mass is 262 g/mol. The number of nitrogens with zero attached hydrogens (tertiary/aromatic N) is 3. The second-order valence-corrected chi connectivity index (χ2v) is 6.25. The second-order valence-electron chi connectivity index (χ2n) is 4.67. The van der Waals surface area contributed by atoms with Crippen LogP contribution >= 0.6 is 11.8 Å². The molecule has 2 heterocycles. The fourth-order valence-electron chi connectivity index (χ4n) is 2.62. The van der Waals surface area contributed by atoms with Gasteiger partial charge in [-0.25, -0.2) is 9.50 Å². The third kappa shape index (κ3) is 2.32. The first-order valence-corrected chi connectivity index (χ1v) is 7.58. The van der Waals surface area contributed by atoms with Crippen LogP contribution < -0.4 is 5.32 Å². The molecule has 0 spiro atoms. The van der Waals surface area contributed by atoms with Crippen molar-refractivity contribution in [2.75, 3.05) is 11.1 Å².